The van der Waals surface area contributed by atoms with Crippen molar-refractivity contribution >= 4 is 34.6 Å². The molecule has 0 aliphatic heterocycles. The molecule has 35 heavy (non-hydrogen) atoms. The van der Waals surface area contributed by atoms with Gasteiger partial charge in [-0.1, -0.05) is 0 Å². The first-order chi connectivity index (χ1) is 16.3. The number of rotatable bonds is 4. The maximum atomic E-state index is 13.8. The maximum Gasteiger partial charge on any atom is 0.255 e. The minimum atomic E-state index is -2.66. The molecule has 0 radical (unpaired) electrons. The summed E-state index contributed by atoms with van der Waals surface area (Å²) >= 11 is 0. The molecule has 0 bridgehead atoms. The lowest BCUT2D eigenvalue weighted by Crippen LogP contribution is -2.65. The number of amides is 1. The summed E-state index contributed by atoms with van der Waals surface area (Å²) in [6.07, 6.45) is 0.244. The van der Waals surface area contributed by atoms with Gasteiger partial charge in [0.05, 0.1) is 17.3 Å². The highest BCUT2D eigenvalue weighted by atomic mass is 16.3. The SMILES string of the molecule is CCN(C)c1cc(N)c(O)c2c1C[C@H]1C[C@H]3[C@H](N(C)C)C(=O)C(C(N)=O)=C(O)[C@@]3(O)C(=O)C1=C2O. The molecule has 1 aromatic rings. The van der Waals surface area contributed by atoms with Gasteiger partial charge < -0.3 is 36.8 Å². The normalized spacial score (nSPS) is 28.1. The van der Waals surface area contributed by atoms with Crippen LogP contribution in [0.1, 0.15) is 24.5 Å². The lowest BCUT2D eigenvalue weighted by atomic mass is 9.57. The van der Waals surface area contributed by atoms with E-state index in [1.165, 1.54) is 4.90 Å². The second-order valence-electron chi connectivity index (χ2n) is 9.66. The van der Waals surface area contributed by atoms with E-state index in [-0.39, 0.29) is 29.7 Å². The van der Waals surface area contributed by atoms with Gasteiger partial charge in [-0.15, -0.1) is 0 Å². The molecule has 3 aliphatic carbocycles. The van der Waals surface area contributed by atoms with Gasteiger partial charge >= 0.3 is 0 Å². The third-order valence-corrected chi connectivity index (χ3v) is 7.61. The van der Waals surface area contributed by atoms with E-state index >= 15 is 0 Å². The number of nitrogens with zero attached hydrogens (tertiary/aromatic N) is 2. The molecule has 0 saturated heterocycles. The van der Waals surface area contributed by atoms with Crippen LogP contribution in [0.3, 0.4) is 0 Å². The summed E-state index contributed by atoms with van der Waals surface area (Å²) in [6, 6.07) is 0.474. The van der Waals surface area contributed by atoms with Gasteiger partial charge in [0.15, 0.2) is 11.4 Å². The molecule has 1 amide bonds. The van der Waals surface area contributed by atoms with Crippen molar-refractivity contribution in [1.29, 1.82) is 0 Å². The number of Topliss-reactive ketones (excluding diaryl/α,β-unsaturated/α-hetero) is 2. The Balaban J connectivity index is 2.00. The van der Waals surface area contributed by atoms with Crippen LogP contribution < -0.4 is 16.4 Å². The third kappa shape index (κ3) is 3.15. The van der Waals surface area contributed by atoms with E-state index in [1.54, 1.807) is 20.2 Å². The molecule has 0 unspecified atom stereocenters. The molecule has 1 fully saturated rings. The zero-order valence-electron chi connectivity index (χ0n) is 20.0. The Kier molecular flexibility index (Phi) is 5.61. The number of benzene rings is 1. The predicted molar refractivity (Wildman–Crippen MR) is 128 cm³/mol. The molecule has 0 aromatic heterocycles. The molecule has 4 rings (SSSR count). The van der Waals surface area contributed by atoms with Crippen LogP contribution in [0.2, 0.25) is 0 Å². The number of carbonyl (C=O) groups excluding carboxylic acids is 3. The molecule has 188 valence electrons. The summed E-state index contributed by atoms with van der Waals surface area (Å²) < 4.78 is 0. The molecule has 1 saturated carbocycles. The number of anilines is 2. The summed E-state index contributed by atoms with van der Waals surface area (Å²) in [5.41, 5.74) is 8.82. The van der Waals surface area contributed by atoms with E-state index in [0.29, 0.717) is 17.8 Å². The quantitative estimate of drug-likeness (QED) is 0.192. The fourth-order valence-corrected chi connectivity index (χ4v) is 5.82. The number of hydrogen-bond donors (Lipinski definition) is 6. The van der Waals surface area contributed by atoms with Crippen LogP contribution in [0.4, 0.5) is 11.4 Å². The third-order valence-electron chi connectivity index (χ3n) is 7.61. The number of aliphatic hydroxyl groups excluding tert-OH is 2. The molecular weight excluding hydrogens is 456 g/mol. The number of nitrogen functional groups attached to an aromatic ring is 1. The lowest BCUT2D eigenvalue weighted by Gasteiger charge is -2.50. The van der Waals surface area contributed by atoms with E-state index in [2.05, 4.69) is 0 Å². The average Bonchev–Trinajstić information content (AvgIpc) is 2.77. The summed E-state index contributed by atoms with van der Waals surface area (Å²) in [5, 5.41) is 44.4. The Labute approximate surface area is 201 Å². The van der Waals surface area contributed by atoms with E-state index in [4.69, 9.17) is 11.5 Å². The Morgan fingerprint density at radius 3 is 2.37 bits per heavy atom. The Morgan fingerprint density at radius 2 is 1.83 bits per heavy atom. The number of carbonyl (C=O) groups is 3. The van der Waals surface area contributed by atoms with E-state index in [1.807, 2.05) is 18.9 Å². The first-order valence-corrected chi connectivity index (χ1v) is 11.3. The fraction of sp³-hybridized carbons (Fsp3) is 0.458. The molecular formula is C24H30N4O7. The average molecular weight is 487 g/mol. The molecule has 0 heterocycles. The van der Waals surface area contributed by atoms with Gasteiger partial charge in [-0.05, 0) is 51.4 Å². The first-order valence-electron chi connectivity index (χ1n) is 11.3. The van der Waals surface area contributed by atoms with Crippen LogP contribution in [0.5, 0.6) is 5.75 Å². The number of ketones is 2. The first kappa shape index (κ1) is 24.6. The number of nitrogens with two attached hydrogens (primary N) is 2. The zero-order valence-corrected chi connectivity index (χ0v) is 20.0. The van der Waals surface area contributed by atoms with Crippen molar-refractivity contribution in [2.75, 3.05) is 38.3 Å². The van der Waals surface area contributed by atoms with Crippen molar-refractivity contribution in [2.24, 2.45) is 17.6 Å². The molecule has 1 aromatic carbocycles. The van der Waals surface area contributed by atoms with Crippen molar-refractivity contribution in [3.63, 3.8) is 0 Å². The number of phenols is 1. The Hall–Kier alpha value is -3.57. The monoisotopic (exact) mass is 486 g/mol. The lowest BCUT2D eigenvalue weighted by molar-refractivity contribution is -0.153. The van der Waals surface area contributed by atoms with Gasteiger partial charge in [0.2, 0.25) is 5.78 Å². The molecule has 4 atom stereocenters. The van der Waals surface area contributed by atoms with Crippen molar-refractivity contribution in [3.05, 3.63) is 34.1 Å². The van der Waals surface area contributed by atoms with Gasteiger partial charge in [-0.3, -0.25) is 19.3 Å². The number of fused-ring (bicyclic) bond motifs is 3. The standard InChI is InChI=1S/C24H30N4O7/c1-5-28(4)13-8-12(25)18(29)15-10(13)6-9-7-11-17(27(2)3)20(31)16(23(26)34)22(33)24(11,35)21(32)14(9)19(15)30/h8-9,11,17,29-30,33,35H,5-7,25H2,1-4H3,(H2,26,34)/t9-,11-,17-,24-/m0/s1. The number of aliphatic hydroxyl groups is 3. The maximum absolute atomic E-state index is 13.8. The number of likely N-dealkylation sites (N-methyl/N-ethyl adjacent to an activating group) is 1. The van der Waals surface area contributed by atoms with Gasteiger partial charge in [0.1, 0.15) is 22.8 Å². The molecule has 11 heteroatoms. The smallest absolute Gasteiger partial charge is 0.255 e. The number of phenolic OH excluding ortho intramolecular Hbond substituents is 1. The van der Waals surface area contributed by atoms with Gasteiger partial charge in [-0.2, -0.15) is 0 Å². The van der Waals surface area contributed by atoms with Crippen LogP contribution in [0.25, 0.3) is 5.76 Å². The van der Waals surface area contributed by atoms with Crippen molar-refractivity contribution in [1.82, 2.24) is 4.90 Å². The fourth-order valence-electron chi connectivity index (χ4n) is 5.82. The van der Waals surface area contributed by atoms with E-state index < -0.39 is 63.8 Å². The van der Waals surface area contributed by atoms with Gasteiger partial charge in [0.25, 0.3) is 5.91 Å². The highest BCUT2D eigenvalue weighted by molar-refractivity contribution is 6.24. The minimum absolute atomic E-state index is 0.000751. The van der Waals surface area contributed by atoms with Crippen molar-refractivity contribution < 1.29 is 34.8 Å². The highest BCUT2D eigenvalue weighted by Crippen LogP contribution is 2.54. The topological polar surface area (TPSA) is 191 Å². The minimum Gasteiger partial charge on any atom is -0.508 e. The predicted octanol–water partition coefficient (Wildman–Crippen LogP) is 0.00230. The molecule has 3 aliphatic rings. The highest BCUT2D eigenvalue weighted by Gasteiger charge is 2.64. The Bertz CT molecular complexity index is 1230. The van der Waals surface area contributed by atoms with Gasteiger partial charge in [0, 0.05) is 30.8 Å². The second kappa shape index (κ2) is 7.99. The zero-order chi connectivity index (χ0) is 26.1. The largest absolute Gasteiger partial charge is 0.508 e. The number of hydrogen-bond acceptors (Lipinski definition) is 10. The van der Waals surface area contributed by atoms with Gasteiger partial charge in [-0.25, -0.2) is 0 Å². The van der Waals surface area contributed by atoms with Crippen LogP contribution in [-0.2, 0) is 20.8 Å². The summed E-state index contributed by atoms with van der Waals surface area (Å²) in [4.78, 5) is 42.3. The van der Waals surface area contributed by atoms with E-state index in [9.17, 15) is 34.8 Å². The molecule has 0 spiro atoms. The van der Waals surface area contributed by atoms with Crippen LogP contribution in [-0.4, -0.2) is 82.1 Å². The van der Waals surface area contributed by atoms with E-state index in [0.717, 1.165) is 0 Å². The number of primary amides is 1. The molecule has 8 N–H and O–H groups in total. The van der Waals surface area contributed by atoms with Crippen molar-refractivity contribution in [2.45, 2.75) is 31.4 Å². The molecule has 11 nitrogen and oxygen atoms in total. The second-order valence-corrected chi connectivity index (χ2v) is 9.66. The number of aromatic hydroxyl groups is 1. The van der Waals surface area contributed by atoms with Crippen LogP contribution in [0.15, 0.2) is 23.0 Å². The summed E-state index contributed by atoms with van der Waals surface area (Å²) in [6.45, 7) is 2.52. The van der Waals surface area contributed by atoms with Crippen LogP contribution in [0, 0.1) is 11.8 Å². The Morgan fingerprint density at radius 1 is 1.20 bits per heavy atom. The summed E-state index contributed by atoms with van der Waals surface area (Å²) in [5.74, 6) is -6.93. The summed E-state index contributed by atoms with van der Waals surface area (Å²) in [7, 11) is 4.94. The van der Waals surface area contributed by atoms with Crippen molar-refractivity contribution in [3.8, 4) is 5.75 Å². The van der Waals surface area contributed by atoms with Crippen LogP contribution >= 0.6 is 0 Å².